The van der Waals surface area contributed by atoms with Gasteiger partial charge >= 0.3 is 6.03 Å². The number of amides is 3. The SMILES string of the molecule is CN(C)C(=O)N1C[C@@H]2CC[C@H](C1)N(C(=O)COc1ccccc1Cl)C2. The predicted octanol–water partition coefficient (Wildman–Crippen LogP) is 2.32. The Bertz CT molecular complexity index is 652. The zero-order valence-electron chi connectivity index (χ0n) is 14.7. The highest BCUT2D eigenvalue weighted by Gasteiger charge is 2.38. The number of carbonyl (C=O) groups excluding carboxylic acids is 2. The maximum atomic E-state index is 12.7. The first-order valence-corrected chi connectivity index (χ1v) is 8.96. The lowest BCUT2D eigenvalue weighted by molar-refractivity contribution is -0.137. The third-order valence-electron chi connectivity index (χ3n) is 4.87. The second-order valence-corrected chi connectivity index (χ2v) is 7.35. The molecule has 0 N–H and O–H groups in total. The van der Waals surface area contributed by atoms with E-state index in [9.17, 15) is 9.59 Å². The van der Waals surface area contributed by atoms with Crippen molar-refractivity contribution in [3.63, 3.8) is 0 Å². The Balaban J connectivity index is 1.64. The van der Waals surface area contributed by atoms with Gasteiger partial charge in [0.1, 0.15) is 5.75 Å². The number of hydrogen-bond donors (Lipinski definition) is 0. The summed E-state index contributed by atoms with van der Waals surface area (Å²) in [5.74, 6) is 0.794. The topological polar surface area (TPSA) is 53.1 Å². The number of piperidine rings is 1. The lowest BCUT2D eigenvalue weighted by atomic mass is 9.95. The first kappa shape index (κ1) is 17.9. The van der Waals surface area contributed by atoms with Crippen molar-refractivity contribution in [3.8, 4) is 5.75 Å². The molecule has 7 heteroatoms. The van der Waals surface area contributed by atoms with Gasteiger partial charge in [-0.25, -0.2) is 4.79 Å². The van der Waals surface area contributed by atoms with E-state index in [1.54, 1.807) is 31.1 Å². The van der Waals surface area contributed by atoms with Gasteiger partial charge < -0.3 is 19.4 Å². The summed E-state index contributed by atoms with van der Waals surface area (Å²) >= 11 is 6.07. The Morgan fingerprint density at radius 2 is 1.96 bits per heavy atom. The Morgan fingerprint density at radius 3 is 2.68 bits per heavy atom. The Labute approximate surface area is 153 Å². The molecule has 1 aromatic rings. The summed E-state index contributed by atoms with van der Waals surface area (Å²) in [5, 5.41) is 0.496. The fourth-order valence-corrected chi connectivity index (χ4v) is 3.80. The van der Waals surface area contributed by atoms with Gasteiger partial charge in [0.25, 0.3) is 5.91 Å². The molecule has 3 fully saturated rings. The maximum Gasteiger partial charge on any atom is 0.319 e. The predicted molar refractivity (Wildman–Crippen MR) is 95.8 cm³/mol. The number of carbonyl (C=O) groups is 2. The molecule has 25 heavy (non-hydrogen) atoms. The van der Waals surface area contributed by atoms with Gasteiger partial charge in [-0.1, -0.05) is 23.7 Å². The van der Waals surface area contributed by atoms with E-state index in [0.717, 1.165) is 12.8 Å². The summed E-state index contributed by atoms with van der Waals surface area (Å²) in [6, 6.07) is 7.20. The molecular formula is C18H24ClN3O3. The van der Waals surface area contributed by atoms with Gasteiger partial charge in [0.2, 0.25) is 0 Å². The van der Waals surface area contributed by atoms with E-state index in [4.69, 9.17) is 16.3 Å². The number of halogens is 1. The first-order valence-electron chi connectivity index (χ1n) is 8.58. The number of ether oxygens (including phenoxy) is 1. The quantitative estimate of drug-likeness (QED) is 0.826. The summed E-state index contributed by atoms with van der Waals surface area (Å²) in [7, 11) is 3.52. The third-order valence-corrected chi connectivity index (χ3v) is 5.19. The summed E-state index contributed by atoms with van der Waals surface area (Å²) < 4.78 is 5.60. The molecule has 0 aromatic heterocycles. The Hall–Kier alpha value is -1.95. The minimum Gasteiger partial charge on any atom is -0.482 e. The standard InChI is InChI=1S/C18H24ClN3O3/c1-20(2)18(24)21-9-13-7-8-14(11-21)22(10-13)17(23)12-25-16-6-4-3-5-15(16)19/h3-6,13-14H,7-12H2,1-2H3/t13-,14+/m0/s1. The van der Waals surface area contributed by atoms with Crippen LogP contribution < -0.4 is 4.74 Å². The molecule has 3 saturated heterocycles. The van der Waals surface area contributed by atoms with E-state index in [2.05, 4.69) is 0 Å². The number of nitrogens with zero attached hydrogens (tertiary/aromatic N) is 3. The highest BCUT2D eigenvalue weighted by molar-refractivity contribution is 6.32. The minimum atomic E-state index is -0.0474. The molecule has 2 bridgehead atoms. The van der Waals surface area contributed by atoms with Crippen LogP contribution in [0.1, 0.15) is 12.8 Å². The van der Waals surface area contributed by atoms with Crippen molar-refractivity contribution >= 4 is 23.5 Å². The smallest absolute Gasteiger partial charge is 0.319 e. The van der Waals surface area contributed by atoms with Gasteiger partial charge in [-0.15, -0.1) is 0 Å². The van der Waals surface area contributed by atoms with Gasteiger partial charge in [-0.3, -0.25) is 4.79 Å². The number of rotatable bonds is 3. The maximum absolute atomic E-state index is 12.7. The molecule has 0 aliphatic carbocycles. The van der Waals surface area contributed by atoms with Gasteiger partial charge in [-0.2, -0.15) is 0 Å². The second kappa shape index (κ2) is 7.52. The summed E-state index contributed by atoms with van der Waals surface area (Å²) in [6.45, 7) is 1.95. The number of benzene rings is 1. The van der Waals surface area contributed by atoms with E-state index in [0.29, 0.717) is 36.3 Å². The van der Waals surface area contributed by atoms with Crippen molar-refractivity contribution in [2.75, 3.05) is 40.3 Å². The fraction of sp³-hybridized carbons (Fsp3) is 0.556. The molecule has 3 heterocycles. The molecule has 136 valence electrons. The van der Waals surface area contributed by atoms with Crippen LogP contribution in [0.3, 0.4) is 0 Å². The molecule has 3 amide bonds. The minimum absolute atomic E-state index is 0.0125. The van der Waals surface area contributed by atoms with E-state index in [-0.39, 0.29) is 24.6 Å². The molecule has 3 aliphatic rings. The summed E-state index contributed by atoms with van der Waals surface area (Å²) in [6.07, 6.45) is 1.98. The molecule has 3 aliphatic heterocycles. The van der Waals surface area contributed by atoms with E-state index in [1.165, 1.54) is 0 Å². The van der Waals surface area contributed by atoms with E-state index in [1.807, 2.05) is 21.9 Å². The van der Waals surface area contributed by atoms with Crippen LogP contribution in [0.25, 0.3) is 0 Å². The zero-order valence-corrected chi connectivity index (χ0v) is 15.4. The van der Waals surface area contributed by atoms with Crippen molar-refractivity contribution in [3.05, 3.63) is 29.3 Å². The molecule has 0 unspecified atom stereocenters. The van der Waals surface area contributed by atoms with Crippen molar-refractivity contribution in [1.29, 1.82) is 0 Å². The van der Waals surface area contributed by atoms with E-state index < -0.39 is 0 Å². The average molecular weight is 366 g/mol. The molecule has 0 spiro atoms. The number of hydrogen-bond acceptors (Lipinski definition) is 3. The molecule has 4 rings (SSSR count). The monoisotopic (exact) mass is 365 g/mol. The zero-order chi connectivity index (χ0) is 18.0. The van der Waals surface area contributed by atoms with Crippen molar-refractivity contribution < 1.29 is 14.3 Å². The highest BCUT2D eigenvalue weighted by Crippen LogP contribution is 2.29. The van der Waals surface area contributed by atoms with Gasteiger partial charge in [0.05, 0.1) is 5.02 Å². The summed E-state index contributed by atoms with van der Waals surface area (Å²) in [5.41, 5.74) is 0. The Morgan fingerprint density at radius 1 is 1.20 bits per heavy atom. The van der Waals surface area contributed by atoms with Gasteiger partial charge in [0.15, 0.2) is 6.61 Å². The van der Waals surface area contributed by atoms with Gasteiger partial charge in [0, 0.05) is 39.8 Å². The molecular weight excluding hydrogens is 342 g/mol. The average Bonchev–Trinajstić information content (AvgIpc) is 2.91. The highest BCUT2D eigenvalue weighted by atomic mass is 35.5. The molecule has 0 saturated carbocycles. The summed E-state index contributed by atoms with van der Waals surface area (Å²) in [4.78, 5) is 30.3. The van der Waals surface area contributed by atoms with Crippen LogP contribution in [-0.4, -0.2) is 73.0 Å². The van der Waals surface area contributed by atoms with Crippen molar-refractivity contribution in [1.82, 2.24) is 14.7 Å². The van der Waals surface area contributed by atoms with Crippen LogP contribution in [0.5, 0.6) is 5.75 Å². The lowest BCUT2D eigenvalue weighted by Gasteiger charge is -2.36. The normalized spacial score (nSPS) is 22.5. The Kier molecular flexibility index (Phi) is 5.37. The van der Waals surface area contributed by atoms with Crippen LogP contribution >= 0.6 is 11.6 Å². The number of para-hydroxylation sites is 1. The number of urea groups is 1. The van der Waals surface area contributed by atoms with E-state index >= 15 is 0 Å². The van der Waals surface area contributed by atoms with Crippen LogP contribution in [0.4, 0.5) is 4.79 Å². The lowest BCUT2D eigenvalue weighted by Crippen LogP contribution is -2.49. The van der Waals surface area contributed by atoms with Crippen molar-refractivity contribution in [2.45, 2.75) is 18.9 Å². The fourth-order valence-electron chi connectivity index (χ4n) is 3.61. The molecule has 0 radical (unpaired) electrons. The second-order valence-electron chi connectivity index (χ2n) is 6.94. The van der Waals surface area contributed by atoms with Crippen LogP contribution in [0.2, 0.25) is 5.02 Å². The largest absolute Gasteiger partial charge is 0.482 e. The number of fused-ring (bicyclic) bond motifs is 4. The van der Waals surface area contributed by atoms with Gasteiger partial charge in [-0.05, 0) is 30.9 Å². The van der Waals surface area contributed by atoms with Crippen LogP contribution in [-0.2, 0) is 4.79 Å². The first-order chi connectivity index (χ1) is 12.0. The third kappa shape index (κ3) is 4.00. The van der Waals surface area contributed by atoms with Crippen LogP contribution in [0.15, 0.2) is 24.3 Å². The molecule has 2 atom stereocenters. The molecule has 1 aromatic carbocycles. The van der Waals surface area contributed by atoms with Crippen LogP contribution in [0, 0.1) is 5.92 Å². The van der Waals surface area contributed by atoms with Crippen molar-refractivity contribution in [2.24, 2.45) is 5.92 Å². The molecule has 6 nitrogen and oxygen atoms in total.